The van der Waals surface area contributed by atoms with Gasteiger partial charge < -0.3 is 4.42 Å². The lowest BCUT2D eigenvalue weighted by Gasteiger charge is -2.11. The summed E-state index contributed by atoms with van der Waals surface area (Å²) in [5.74, 6) is -0.166. The lowest BCUT2D eigenvalue weighted by atomic mass is 9.96. The first-order chi connectivity index (χ1) is 17.1. The second-order valence-corrected chi connectivity index (χ2v) is 9.18. The Hall–Kier alpha value is -3.90. The predicted molar refractivity (Wildman–Crippen MR) is 140 cm³/mol. The Bertz CT molecular complexity index is 1680. The van der Waals surface area contributed by atoms with Crippen LogP contribution in [-0.2, 0) is 13.4 Å². The summed E-state index contributed by atoms with van der Waals surface area (Å²) in [6.45, 7) is 15.7. The van der Waals surface area contributed by atoms with Gasteiger partial charge in [0, 0.05) is 38.1 Å². The molecule has 0 N–H and O–H groups in total. The zero-order valence-electron chi connectivity index (χ0n) is 22.2. The lowest BCUT2D eigenvalue weighted by molar-refractivity contribution is -0.666. The van der Waals surface area contributed by atoms with E-state index in [0.29, 0.717) is 16.8 Å². The highest BCUT2D eigenvalue weighted by Gasteiger charge is 2.24. The largest absolute Gasteiger partial charge is 0.456 e. The van der Waals surface area contributed by atoms with Gasteiger partial charge in [-0.15, -0.1) is 0 Å². The van der Waals surface area contributed by atoms with Crippen LogP contribution in [0.3, 0.4) is 0 Å². The van der Waals surface area contributed by atoms with Crippen molar-refractivity contribution in [1.29, 1.82) is 0 Å². The number of aromatic nitrogens is 1. The Morgan fingerprint density at radius 2 is 1.62 bits per heavy atom. The Morgan fingerprint density at radius 1 is 0.941 bits per heavy atom. The van der Waals surface area contributed by atoms with Gasteiger partial charge in [0.2, 0.25) is 5.69 Å². The van der Waals surface area contributed by atoms with E-state index in [1.54, 1.807) is 0 Å². The van der Waals surface area contributed by atoms with Gasteiger partial charge in [-0.3, -0.25) is 0 Å². The van der Waals surface area contributed by atoms with E-state index in [0.717, 1.165) is 50.0 Å². The van der Waals surface area contributed by atoms with Crippen LogP contribution in [0.2, 0.25) is 0 Å². The SMILES string of the molecule is [2H]C([2H])(c1cc(C)[n+](C)c(-c2c(C)ccc3c2oc2c(-c4ccccc4)c([N+]#[C-])ccc23)c1)C(C)C. The number of pyridine rings is 1. The molecule has 0 aliphatic carbocycles. The standard InChI is InChI=1S/C31H29N2O/c1-19(2)16-22-17-21(4)33(6)27(18-22)28-20(3)12-13-24-25-14-15-26(32-5)29(31(25)34-30(24)28)23-10-8-7-9-11-23/h7-15,17-19H,16H2,1-4,6H3/q+1/i16D2. The molecule has 2 aromatic heterocycles. The van der Waals surface area contributed by atoms with Crippen molar-refractivity contribution in [2.75, 3.05) is 0 Å². The van der Waals surface area contributed by atoms with Gasteiger partial charge in [0.1, 0.15) is 18.2 Å². The summed E-state index contributed by atoms with van der Waals surface area (Å²) in [6.07, 6.45) is -1.46. The molecule has 0 aliphatic heterocycles. The van der Waals surface area contributed by atoms with E-state index in [2.05, 4.69) is 28.5 Å². The molecule has 0 fully saturated rings. The van der Waals surface area contributed by atoms with Gasteiger partial charge in [0.15, 0.2) is 11.4 Å². The Balaban J connectivity index is 1.88. The fourth-order valence-electron chi connectivity index (χ4n) is 4.74. The van der Waals surface area contributed by atoms with Crippen LogP contribution in [0.25, 0.3) is 49.2 Å². The van der Waals surface area contributed by atoms with E-state index in [9.17, 15) is 0 Å². The Morgan fingerprint density at radius 3 is 2.29 bits per heavy atom. The number of nitrogens with zero attached hydrogens (tertiary/aromatic N) is 2. The van der Waals surface area contributed by atoms with E-state index in [1.807, 2.05) is 82.4 Å². The maximum Gasteiger partial charge on any atom is 0.216 e. The molecule has 0 saturated carbocycles. The van der Waals surface area contributed by atoms with Crippen molar-refractivity contribution in [3.05, 3.63) is 95.0 Å². The number of benzene rings is 3. The minimum atomic E-state index is -1.46. The van der Waals surface area contributed by atoms with Gasteiger partial charge in [-0.2, -0.15) is 4.57 Å². The summed E-state index contributed by atoms with van der Waals surface area (Å²) < 4.78 is 26.2. The Kier molecular flexibility index (Phi) is 4.87. The van der Waals surface area contributed by atoms with Gasteiger partial charge in [0.05, 0.1) is 12.1 Å². The Labute approximate surface area is 203 Å². The molecule has 2 heterocycles. The topological polar surface area (TPSA) is 21.4 Å². The second kappa shape index (κ2) is 8.47. The summed E-state index contributed by atoms with van der Waals surface area (Å²) in [7, 11) is 2.01. The maximum absolute atomic E-state index is 8.73. The first-order valence-electron chi connectivity index (χ1n) is 12.6. The molecule has 3 nitrogen and oxygen atoms in total. The third-order valence-electron chi connectivity index (χ3n) is 6.44. The van der Waals surface area contributed by atoms with Crippen molar-refractivity contribution < 1.29 is 11.7 Å². The van der Waals surface area contributed by atoms with Crippen LogP contribution in [0, 0.1) is 26.3 Å². The number of furan rings is 1. The molecule has 168 valence electrons. The average Bonchev–Trinajstić information content (AvgIpc) is 3.24. The van der Waals surface area contributed by atoms with Crippen LogP contribution < -0.4 is 4.57 Å². The number of rotatable bonds is 4. The summed E-state index contributed by atoms with van der Waals surface area (Å²) in [5.41, 5.74) is 8.28. The third kappa shape index (κ3) is 3.56. The van der Waals surface area contributed by atoms with E-state index >= 15 is 0 Å². The predicted octanol–water partition coefficient (Wildman–Crippen LogP) is 8.11. The van der Waals surface area contributed by atoms with Gasteiger partial charge in [-0.1, -0.05) is 68.4 Å². The molecule has 0 unspecified atom stereocenters. The highest BCUT2D eigenvalue weighted by molar-refractivity contribution is 6.15. The summed E-state index contributed by atoms with van der Waals surface area (Å²) in [4.78, 5) is 3.79. The van der Waals surface area contributed by atoms with Crippen LogP contribution in [0.1, 0.15) is 33.4 Å². The minimum absolute atomic E-state index is 0.166. The van der Waals surface area contributed by atoms with E-state index in [4.69, 9.17) is 13.7 Å². The molecule has 0 aliphatic rings. The number of hydrogen-bond donors (Lipinski definition) is 0. The number of aryl methyl sites for hydroxylation is 2. The minimum Gasteiger partial charge on any atom is -0.456 e. The van der Waals surface area contributed by atoms with Crippen molar-refractivity contribution in [3.63, 3.8) is 0 Å². The highest BCUT2D eigenvalue weighted by atomic mass is 16.3. The maximum atomic E-state index is 8.73. The molecule has 0 radical (unpaired) electrons. The average molecular weight is 448 g/mol. The van der Waals surface area contributed by atoms with Crippen molar-refractivity contribution in [3.8, 4) is 22.4 Å². The van der Waals surface area contributed by atoms with Gasteiger partial charge in [-0.05, 0) is 35.9 Å². The molecule has 0 spiro atoms. The van der Waals surface area contributed by atoms with Crippen LogP contribution in [0.4, 0.5) is 5.69 Å². The van der Waals surface area contributed by atoms with Crippen molar-refractivity contribution in [1.82, 2.24) is 0 Å². The van der Waals surface area contributed by atoms with Crippen LogP contribution >= 0.6 is 0 Å². The third-order valence-corrected chi connectivity index (χ3v) is 6.44. The van der Waals surface area contributed by atoms with Crippen molar-refractivity contribution >= 4 is 27.6 Å². The smallest absolute Gasteiger partial charge is 0.216 e. The van der Waals surface area contributed by atoms with Gasteiger partial charge in [-0.25, -0.2) is 4.85 Å². The molecule has 3 heteroatoms. The zero-order chi connectivity index (χ0) is 25.8. The molecule has 5 aromatic rings. The zero-order valence-corrected chi connectivity index (χ0v) is 20.2. The normalized spacial score (nSPS) is 12.7. The first-order valence-corrected chi connectivity index (χ1v) is 11.6. The first kappa shape index (κ1) is 19.6. The fraction of sp³-hybridized carbons (Fsp3) is 0.226. The van der Waals surface area contributed by atoms with Crippen LogP contribution in [0.5, 0.6) is 0 Å². The molecule has 0 saturated heterocycles. The summed E-state index contributed by atoms with van der Waals surface area (Å²) in [6, 6.07) is 21.8. The fourth-order valence-corrected chi connectivity index (χ4v) is 4.74. The van der Waals surface area contributed by atoms with Crippen LogP contribution in [0.15, 0.2) is 71.1 Å². The molecular weight excluding hydrogens is 416 g/mol. The van der Waals surface area contributed by atoms with Gasteiger partial charge in [0.25, 0.3) is 0 Å². The molecule has 0 amide bonds. The molecular formula is C31H29N2O+. The summed E-state index contributed by atoms with van der Waals surface area (Å²) in [5, 5.41) is 1.94. The second-order valence-electron chi connectivity index (χ2n) is 9.18. The lowest BCUT2D eigenvalue weighted by Crippen LogP contribution is -2.35. The highest BCUT2D eigenvalue weighted by Crippen LogP contribution is 2.44. The van der Waals surface area contributed by atoms with Crippen molar-refractivity contribution in [2.45, 2.75) is 34.1 Å². The van der Waals surface area contributed by atoms with Gasteiger partial charge >= 0.3 is 0 Å². The van der Waals surface area contributed by atoms with E-state index in [-0.39, 0.29) is 5.92 Å². The van der Waals surface area contributed by atoms with E-state index < -0.39 is 6.37 Å². The quantitative estimate of drug-likeness (QED) is 0.201. The number of hydrogen-bond acceptors (Lipinski definition) is 1. The molecule has 3 aromatic carbocycles. The van der Waals surface area contributed by atoms with Crippen molar-refractivity contribution in [2.24, 2.45) is 13.0 Å². The molecule has 0 bridgehead atoms. The molecule has 34 heavy (non-hydrogen) atoms. The number of fused-ring (bicyclic) bond motifs is 3. The summed E-state index contributed by atoms with van der Waals surface area (Å²) >= 11 is 0. The monoisotopic (exact) mass is 447 g/mol. The molecule has 5 rings (SSSR count). The van der Waals surface area contributed by atoms with Crippen LogP contribution in [-0.4, -0.2) is 0 Å². The molecule has 0 atom stereocenters. The van der Waals surface area contributed by atoms with E-state index in [1.165, 1.54) is 0 Å².